The molecule has 0 saturated heterocycles. The van der Waals surface area contributed by atoms with Crippen LogP contribution >= 0.6 is 12.2 Å². The highest BCUT2D eigenvalue weighted by molar-refractivity contribution is 7.80. The van der Waals surface area contributed by atoms with E-state index in [0.717, 1.165) is 16.8 Å². The van der Waals surface area contributed by atoms with Gasteiger partial charge < -0.3 is 22.1 Å². The van der Waals surface area contributed by atoms with Gasteiger partial charge in [0.15, 0.2) is 0 Å². The number of hydrogen-bond acceptors (Lipinski definition) is 3. The first kappa shape index (κ1) is 13.2. The Labute approximate surface area is 106 Å². The van der Waals surface area contributed by atoms with Gasteiger partial charge >= 0.3 is 6.03 Å². The largest absolute Gasteiger partial charge is 0.389 e. The summed E-state index contributed by atoms with van der Waals surface area (Å²) in [5, 5.41) is 5.63. The number of thiocarbonyl (C=S) groups is 1. The maximum absolute atomic E-state index is 10.5. The Hall–Kier alpha value is -1.82. The van der Waals surface area contributed by atoms with Gasteiger partial charge in [0.1, 0.15) is 4.99 Å². The molecule has 1 rings (SSSR count). The van der Waals surface area contributed by atoms with E-state index in [1.165, 1.54) is 0 Å². The molecule has 6 heteroatoms. The first-order chi connectivity index (χ1) is 8.00. The van der Waals surface area contributed by atoms with Gasteiger partial charge in [-0.25, -0.2) is 4.79 Å². The molecule has 0 spiro atoms. The number of nitrogens with one attached hydrogen (secondary N) is 2. The summed E-state index contributed by atoms with van der Waals surface area (Å²) in [4.78, 5) is 10.8. The van der Waals surface area contributed by atoms with Crippen LogP contribution in [-0.4, -0.2) is 24.1 Å². The van der Waals surface area contributed by atoms with Crippen LogP contribution in [0.1, 0.15) is 11.1 Å². The summed E-state index contributed by atoms with van der Waals surface area (Å²) in [5.41, 5.74) is 13.3. The second kappa shape index (κ2) is 6.05. The molecule has 0 radical (unpaired) electrons. The number of rotatable bonds is 5. The maximum atomic E-state index is 10.5. The standard InChI is InChI=1S/C11H16N4OS/c1-7-2-3-9(8(6-7)10(12)17)14-4-5-15-11(13)16/h2-3,6,14H,4-5H2,1H3,(H2,12,17)(H3,13,15,16). The zero-order valence-corrected chi connectivity index (χ0v) is 10.4. The number of aryl methyl sites for hydroxylation is 1. The van der Waals surface area contributed by atoms with Gasteiger partial charge in [-0.1, -0.05) is 23.8 Å². The molecule has 0 aliphatic carbocycles. The molecule has 0 aromatic heterocycles. The van der Waals surface area contributed by atoms with Gasteiger partial charge in [0.05, 0.1) is 0 Å². The quantitative estimate of drug-likeness (QED) is 0.458. The number of amides is 2. The van der Waals surface area contributed by atoms with Gasteiger partial charge in [0, 0.05) is 24.3 Å². The third-order valence-electron chi connectivity index (χ3n) is 2.18. The van der Waals surface area contributed by atoms with E-state index in [2.05, 4.69) is 10.6 Å². The average Bonchev–Trinajstić information content (AvgIpc) is 2.25. The summed E-state index contributed by atoms with van der Waals surface area (Å²) in [6.07, 6.45) is 0. The summed E-state index contributed by atoms with van der Waals surface area (Å²) >= 11 is 4.98. The molecule has 0 aliphatic heterocycles. The predicted octanol–water partition coefficient (Wildman–Crippen LogP) is 0.709. The minimum atomic E-state index is -0.537. The molecular formula is C11H16N4OS. The Morgan fingerprint density at radius 3 is 2.65 bits per heavy atom. The summed E-state index contributed by atoms with van der Waals surface area (Å²) in [6.45, 7) is 2.97. The molecule has 17 heavy (non-hydrogen) atoms. The summed E-state index contributed by atoms with van der Waals surface area (Å²) in [6, 6.07) is 5.26. The van der Waals surface area contributed by atoms with Crippen molar-refractivity contribution in [1.82, 2.24) is 5.32 Å². The van der Waals surface area contributed by atoms with Crippen LogP contribution in [0.5, 0.6) is 0 Å². The van der Waals surface area contributed by atoms with Gasteiger partial charge in [0.2, 0.25) is 0 Å². The van der Waals surface area contributed by atoms with Gasteiger partial charge in [0.25, 0.3) is 0 Å². The number of hydrogen-bond donors (Lipinski definition) is 4. The topological polar surface area (TPSA) is 93.2 Å². The van der Waals surface area contributed by atoms with E-state index >= 15 is 0 Å². The van der Waals surface area contributed by atoms with Crippen LogP contribution in [0.4, 0.5) is 10.5 Å². The van der Waals surface area contributed by atoms with E-state index in [9.17, 15) is 4.79 Å². The van der Waals surface area contributed by atoms with E-state index in [1.807, 2.05) is 25.1 Å². The molecule has 0 unspecified atom stereocenters. The molecule has 0 saturated carbocycles. The fraction of sp³-hybridized carbons (Fsp3) is 0.273. The Balaban J connectivity index is 2.64. The van der Waals surface area contributed by atoms with Crippen molar-refractivity contribution in [1.29, 1.82) is 0 Å². The molecule has 5 nitrogen and oxygen atoms in total. The normalized spacial score (nSPS) is 9.71. The number of urea groups is 1. The molecular weight excluding hydrogens is 236 g/mol. The number of carbonyl (C=O) groups is 1. The highest BCUT2D eigenvalue weighted by Gasteiger charge is 2.04. The molecule has 92 valence electrons. The molecule has 0 bridgehead atoms. The summed E-state index contributed by atoms with van der Waals surface area (Å²) in [5.74, 6) is 0. The van der Waals surface area contributed by atoms with Crippen LogP contribution in [0.3, 0.4) is 0 Å². The third-order valence-corrected chi connectivity index (χ3v) is 2.40. The lowest BCUT2D eigenvalue weighted by Gasteiger charge is -2.12. The van der Waals surface area contributed by atoms with E-state index in [0.29, 0.717) is 18.1 Å². The van der Waals surface area contributed by atoms with E-state index in [1.54, 1.807) is 0 Å². The SMILES string of the molecule is Cc1ccc(NCCNC(N)=O)c(C(N)=S)c1. The highest BCUT2D eigenvalue weighted by Crippen LogP contribution is 2.16. The number of benzene rings is 1. The number of nitrogens with two attached hydrogens (primary N) is 2. The first-order valence-electron chi connectivity index (χ1n) is 5.18. The van der Waals surface area contributed by atoms with Crippen LogP contribution in [0.15, 0.2) is 18.2 Å². The Morgan fingerprint density at radius 1 is 1.35 bits per heavy atom. The van der Waals surface area contributed by atoms with Crippen LogP contribution in [0.2, 0.25) is 0 Å². The van der Waals surface area contributed by atoms with Crippen LogP contribution in [0.25, 0.3) is 0 Å². The average molecular weight is 252 g/mol. The Kier molecular flexibility index (Phi) is 4.71. The molecule has 2 amide bonds. The lowest BCUT2D eigenvalue weighted by Crippen LogP contribution is -2.33. The van der Waals surface area contributed by atoms with Crippen molar-refractivity contribution in [3.63, 3.8) is 0 Å². The Morgan fingerprint density at radius 2 is 2.06 bits per heavy atom. The van der Waals surface area contributed by atoms with Gasteiger partial charge in [-0.3, -0.25) is 0 Å². The zero-order valence-electron chi connectivity index (χ0n) is 9.62. The maximum Gasteiger partial charge on any atom is 0.312 e. The number of carbonyl (C=O) groups excluding carboxylic acids is 1. The molecule has 0 atom stereocenters. The van der Waals surface area contributed by atoms with Crippen molar-refractivity contribution in [2.24, 2.45) is 11.5 Å². The second-order valence-electron chi connectivity index (χ2n) is 3.63. The van der Waals surface area contributed by atoms with Crippen molar-refractivity contribution in [3.8, 4) is 0 Å². The molecule has 0 aliphatic rings. The second-order valence-corrected chi connectivity index (χ2v) is 4.07. The first-order valence-corrected chi connectivity index (χ1v) is 5.59. The predicted molar refractivity (Wildman–Crippen MR) is 73.1 cm³/mol. The number of primary amides is 1. The Bertz CT molecular complexity index is 433. The molecule has 0 fully saturated rings. The zero-order chi connectivity index (χ0) is 12.8. The van der Waals surface area contributed by atoms with Gasteiger partial charge in [-0.15, -0.1) is 0 Å². The van der Waals surface area contributed by atoms with E-state index in [4.69, 9.17) is 23.7 Å². The number of anilines is 1. The van der Waals surface area contributed by atoms with Crippen molar-refractivity contribution in [2.45, 2.75) is 6.92 Å². The van der Waals surface area contributed by atoms with E-state index < -0.39 is 6.03 Å². The van der Waals surface area contributed by atoms with Gasteiger partial charge in [-0.05, 0) is 19.1 Å². The smallest absolute Gasteiger partial charge is 0.312 e. The molecule has 1 aromatic rings. The fourth-order valence-electron chi connectivity index (χ4n) is 1.40. The fourth-order valence-corrected chi connectivity index (χ4v) is 1.57. The van der Waals surface area contributed by atoms with Crippen molar-refractivity contribution >= 4 is 28.9 Å². The van der Waals surface area contributed by atoms with Crippen LogP contribution < -0.4 is 22.1 Å². The van der Waals surface area contributed by atoms with Crippen LogP contribution in [-0.2, 0) is 0 Å². The lowest BCUT2D eigenvalue weighted by atomic mass is 10.1. The summed E-state index contributed by atoms with van der Waals surface area (Å²) in [7, 11) is 0. The van der Waals surface area contributed by atoms with Crippen molar-refractivity contribution < 1.29 is 4.79 Å². The molecule has 0 heterocycles. The minimum Gasteiger partial charge on any atom is -0.389 e. The highest BCUT2D eigenvalue weighted by atomic mass is 32.1. The van der Waals surface area contributed by atoms with Crippen molar-refractivity contribution in [2.75, 3.05) is 18.4 Å². The van der Waals surface area contributed by atoms with Crippen molar-refractivity contribution in [3.05, 3.63) is 29.3 Å². The van der Waals surface area contributed by atoms with Gasteiger partial charge in [-0.2, -0.15) is 0 Å². The summed E-state index contributed by atoms with van der Waals surface area (Å²) < 4.78 is 0. The molecule has 6 N–H and O–H groups in total. The molecule has 1 aromatic carbocycles. The monoisotopic (exact) mass is 252 g/mol. The lowest BCUT2D eigenvalue weighted by molar-refractivity contribution is 0.249. The van der Waals surface area contributed by atoms with Crippen LogP contribution in [0, 0.1) is 6.92 Å². The van der Waals surface area contributed by atoms with E-state index in [-0.39, 0.29) is 0 Å². The third kappa shape index (κ3) is 4.28. The minimum absolute atomic E-state index is 0.346.